The van der Waals surface area contributed by atoms with Crippen LogP contribution in [0.25, 0.3) is 0 Å². The predicted octanol–water partition coefficient (Wildman–Crippen LogP) is 1.75. The summed E-state index contributed by atoms with van der Waals surface area (Å²) in [4.78, 5) is 11.6. The number of nitrogens with one attached hydrogen (secondary N) is 2. The molecule has 1 aromatic heterocycles. The zero-order valence-electron chi connectivity index (χ0n) is 10.3. The van der Waals surface area contributed by atoms with E-state index in [0.717, 1.165) is 24.8 Å². The molecule has 5 nitrogen and oxygen atoms in total. The van der Waals surface area contributed by atoms with Crippen molar-refractivity contribution in [1.82, 2.24) is 20.7 Å². The number of hydrogen-bond acceptors (Lipinski definition) is 3. The first-order chi connectivity index (χ1) is 8.25. The Bertz CT molecular complexity index is 349. The Hall–Kier alpha value is -1.39. The number of rotatable bonds is 4. The maximum absolute atomic E-state index is 11.6. The minimum atomic E-state index is -0.136. The van der Waals surface area contributed by atoms with Crippen molar-refractivity contribution in [3.8, 4) is 0 Å². The first-order valence-corrected chi connectivity index (χ1v) is 6.39. The van der Waals surface area contributed by atoms with E-state index in [4.69, 9.17) is 0 Å². The van der Waals surface area contributed by atoms with Crippen LogP contribution in [-0.2, 0) is 0 Å². The lowest BCUT2D eigenvalue weighted by molar-refractivity contribution is 0.0944. The third-order valence-electron chi connectivity index (χ3n) is 3.53. The highest BCUT2D eigenvalue weighted by Crippen LogP contribution is 2.30. The first-order valence-electron chi connectivity index (χ1n) is 6.39. The fraction of sp³-hybridized carbons (Fsp3) is 0.750. The maximum atomic E-state index is 11.6. The molecule has 0 radical (unpaired) electrons. The summed E-state index contributed by atoms with van der Waals surface area (Å²) in [6.45, 7) is 3.06. The molecule has 1 saturated carbocycles. The summed E-state index contributed by atoms with van der Waals surface area (Å²) in [6.07, 6.45) is 7.83. The van der Waals surface area contributed by atoms with Gasteiger partial charge in [0.25, 0.3) is 5.91 Å². The van der Waals surface area contributed by atoms with Gasteiger partial charge in [-0.25, -0.2) is 0 Å². The van der Waals surface area contributed by atoms with Crippen LogP contribution in [0.3, 0.4) is 0 Å². The van der Waals surface area contributed by atoms with Gasteiger partial charge in [-0.15, -0.1) is 0 Å². The smallest absolute Gasteiger partial charge is 0.273 e. The van der Waals surface area contributed by atoms with Crippen molar-refractivity contribution in [2.45, 2.75) is 39.0 Å². The van der Waals surface area contributed by atoms with E-state index in [1.54, 1.807) is 0 Å². The Labute approximate surface area is 101 Å². The van der Waals surface area contributed by atoms with E-state index in [9.17, 15) is 4.79 Å². The number of H-pyrrole nitrogens is 1. The largest absolute Gasteiger partial charge is 0.351 e. The highest BCUT2D eigenvalue weighted by Gasteiger charge is 2.18. The molecule has 1 aromatic rings. The molecular formula is C12H20N4O. The Morgan fingerprint density at radius 3 is 3.18 bits per heavy atom. The van der Waals surface area contributed by atoms with Gasteiger partial charge in [-0.2, -0.15) is 15.4 Å². The van der Waals surface area contributed by atoms with E-state index in [1.807, 2.05) is 0 Å². The second-order valence-electron chi connectivity index (χ2n) is 5.04. The summed E-state index contributed by atoms with van der Waals surface area (Å²) in [7, 11) is 0. The van der Waals surface area contributed by atoms with Crippen molar-refractivity contribution in [3.05, 3.63) is 11.9 Å². The summed E-state index contributed by atoms with van der Waals surface area (Å²) < 4.78 is 0. The van der Waals surface area contributed by atoms with E-state index < -0.39 is 0 Å². The zero-order chi connectivity index (χ0) is 12.1. The average Bonchev–Trinajstić information content (AvgIpc) is 2.82. The number of nitrogens with zero attached hydrogens (tertiary/aromatic N) is 2. The fourth-order valence-electron chi connectivity index (χ4n) is 2.61. The number of carbonyl (C=O) groups excluding carboxylic acids is 1. The maximum Gasteiger partial charge on any atom is 0.273 e. The summed E-state index contributed by atoms with van der Waals surface area (Å²) in [5.74, 6) is 1.49. The lowest BCUT2D eigenvalue weighted by atomic mass is 9.81. The second-order valence-corrected chi connectivity index (χ2v) is 5.04. The molecule has 2 N–H and O–H groups in total. The molecule has 2 unspecified atom stereocenters. The third kappa shape index (κ3) is 3.54. The van der Waals surface area contributed by atoms with E-state index >= 15 is 0 Å². The molecule has 5 heteroatoms. The van der Waals surface area contributed by atoms with E-state index in [0.29, 0.717) is 5.69 Å². The van der Waals surface area contributed by atoms with E-state index in [2.05, 4.69) is 27.7 Å². The van der Waals surface area contributed by atoms with Gasteiger partial charge in [-0.05, 0) is 24.7 Å². The molecule has 0 bridgehead atoms. The summed E-state index contributed by atoms with van der Waals surface area (Å²) in [5, 5.41) is 12.7. The topological polar surface area (TPSA) is 70.7 Å². The molecule has 17 heavy (non-hydrogen) atoms. The van der Waals surface area contributed by atoms with Crippen LogP contribution in [0, 0.1) is 11.8 Å². The van der Waals surface area contributed by atoms with E-state index in [-0.39, 0.29) is 5.91 Å². The van der Waals surface area contributed by atoms with Crippen LogP contribution in [0.1, 0.15) is 49.5 Å². The van der Waals surface area contributed by atoms with Crippen LogP contribution in [0.4, 0.5) is 0 Å². The minimum absolute atomic E-state index is 0.136. The number of aromatic amines is 1. The molecule has 1 aliphatic carbocycles. The van der Waals surface area contributed by atoms with Crippen LogP contribution in [-0.4, -0.2) is 27.9 Å². The van der Waals surface area contributed by atoms with E-state index in [1.165, 1.54) is 31.9 Å². The molecule has 94 valence electrons. The van der Waals surface area contributed by atoms with Crippen molar-refractivity contribution in [3.63, 3.8) is 0 Å². The van der Waals surface area contributed by atoms with Gasteiger partial charge in [0, 0.05) is 6.54 Å². The molecule has 0 saturated heterocycles. The van der Waals surface area contributed by atoms with Gasteiger partial charge in [-0.3, -0.25) is 4.79 Å². The summed E-state index contributed by atoms with van der Waals surface area (Å²) in [6, 6.07) is 0. The first kappa shape index (κ1) is 12.1. The molecular weight excluding hydrogens is 216 g/mol. The van der Waals surface area contributed by atoms with Crippen molar-refractivity contribution >= 4 is 5.91 Å². The van der Waals surface area contributed by atoms with Gasteiger partial charge < -0.3 is 5.32 Å². The molecule has 1 heterocycles. The molecule has 0 spiro atoms. The predicted molar refractivity (Wildman–Crippen MR) is 64.5 cm³/mol. The van der Waals surface area contributed by atoms with Gasteiger partial charge in [0.2, 0.25) is 0 Å². The quantitative estimate of drug-likeness (QED) is 0.836. The number of carbonyl (C=O) groups is 1. The fourth-order valence-corrected chi connectivity index (χ4v) is 2.61. The molecule has 0 aromatic carbocycles. The van der Waals surface area contributed by atoms with Gasteiger partial charge in [0.1, 0.15) is 0 Å². The summed E-state index contributed by atoms with van der Waals surface area (Å²) >= 11 is 0. The van der Waals surface area contributed by atoms with Crippen molar-refractivity contribution in [2.75, 3.05) is 6.54 Å². The van der Waals surface area contributed by atoms with Crippen molar-refractivity contribution in [1.29, 1.82) is 0 Å². The Morgan fingerprint density at radius 2 is 2.47 bits per heavy atom. The third-order valence-corrected chi connectivity index (χ3v) is 3.53. The van der Waals surface area contributed by atoms with Crippen LogP contribution in [0.15, 0.2) is 6.20 Å². The van der Waals surface area contributed by atoms with Crippen LogP contribution in [0.5, 0.6) is 0 Å². The Morgan fingerprint density at radius 1 is 1.59 bits per heavy atom. The average molecular weight is 236 g/mol. The molecule has 1 fully saturated rings. The van der Waals surface area contributed by atoms with Gasteiger partial charge in [-0.1, -0.05) is 26.2 Å². The standard InChI is InChI=1S/C12H20N4O/c1-9-3-2-4-10(7-9)5-6-13-12(17)11-8-14-16-15-11/h8-10H,2-7H2,1H3,(H,13,17)(H,14,15,16). The van der Waals surface area contributed by atoms with Gasteiger partial charge >= 0.3 is 0 Å². The molecule has 1 amide bonds. The monoisotopic (exact) mass is 236 g/mol. The van der Waals surface area contributed by atoms with Crippen LogP contribution < -0.4 is 5.32 Å². The summed E-state index contributed by atoms with van der Waals surface area (Å²) in [5.41, 5.74) is 0.363. The Balaban J connectivity index is 1.67. The number of amides is 1. The number of aromatic nitrogens is 3. The lowest BCUT2D eigenvalue weighted by Gasteiger charge is -2.26. The zero-order valence-corrected chi connectivity index (χ0v) is 10.3. The molecule has 2 rings (SSSR count). The van der Waals surface area contributed by atoms with Crippen molar-refractivity contribution in [2.24, 2.45) is 11.8 Å². The van der Waals surface area contributed by atoms with Crippen LogP contribution in [0.2, 0.25) is 0 Å². The van der Waals surface area contributed by atoms with Crippen molar-refractivity contribution < 1.29 is 4.79 Å². The van der Waals surface area contributed by atoms with Gasteiger partial charge in [0.15, 0.2) is 5.69 Å². The Kier molecular flexibility index (Phi) is 4.12. The van der Waals surface area contributed by atoms with Crippen LogP contribution >= 0.6 is 0 Å². The molecule has 0 aliphatic heterocycles. The highest BCUT2D eigenvalue weighted by molar-refractivity contribution is 5.91. The minimum Gasteiger partial charge on any atom is -0.351 e. The molecule has 2 atom stereocenters. The highest BCUT2D eigenvalue weighted by atomic mass is 16.1. The SMILES string of the molecule is CC1CCCC(CCNC(=O)c2cn[nH]n2)C1. The van der Waals surface area contributed by atoms with Gasteiger partial charge in [0.05, 0.1) is 6.20 Å². The normalized spacial score (nSPS) is 24.5. The lowest BCUT2D eigenvalue weighted by Crippen LogP contribution is -2.27. The number of hydrogen-bond donors (Lipinski definition) is 2. The molecule has 1 aliphatic rings. The second kappa shape index (κ2) is 5.80.